The van der Waals surface area contributed by atoms with Gasteiger partial charge in [-0.2, -0.15) is 9.90 Å². The topological polar surface area (TPSA) is 99.0 Å². The average Bonchev–Trinajstić information content (AvgIpc) is 3.35. The molecule has 0 spiro atoms. The van der Waals surface area contributed by atoms with E-state index in [1.165, 1.54) is 4.80 Å². The molecule has 0 aliphatic rings. The molecule has 1 N–H and O–H groups in total. The van der Waals surface area contributed by atoms with Gasteiger partial charge in [0.2, 0.25) is 0 Å². The maximum absolute atomic E-state index is 12.3. The number of amides is 1. The zero-order chi connectivity index (χ0) is 20.9. The Bertz CT molecular complexity index is 1150. The van der Waals surface area contributed by atoms with Crippen LogP contribution in [0, 0.1) is 6.92 Å². The van der Waals surface area contributed by atoms with Gasteiger partial charge in [0, 0.05) is 13.0 Å². The van der Waals surface area contributed by atoms with E-state index >= 15 is 0 Å². The molecule has 0 unspecified atom stereocenters. The maximum atomic E-state index is 12.3. The fourth-order valence-corrected chi connectivity index (χ4v) is 3.80. The van der Waals surface area contributed by atoms with Crippen molar-refractivity contribution in [2.75, 3.05) is 13.2 Å². The Morgan fingerprint density at radius 1 is 1.07 bits per heavy atom. The number of benzene rings is 2. The molecule has 4 rings (SSSR count). The number of para-hydroxylation sites is 2. The van der Waals surface area contributed by atoms with E-state index < -0.39 is 5.97 Å². The van der Waals surface area contributed by atoms with Gasteiger partial charge in [0.25, 0.3) is 5.91 Å². The molecule has 1 amide bonds. The molecule has 0 saturated heterocycles. The van der Waals surface area contributed by atoms with Crippen molar-refractivity contribution in [3.05, 3.63) is 71.0 Å². The van der Waals surface area contributed by atoms with Crippen LogP contribution in [0.4, 0.5) is 0 Å². The lowest BCUT2D eigenvalue weighted by molar-refractivity contribution is -0.124. The van der Waals surface area contributed by atoms with Crippen LogP contribution in [0.3, 0.4) is 0 Å². The van der Waals surface area contributed by atoms with Crippen molar-refractivity contribution in [1.82, 2.24) is 25.3 Å². The number of aromatic nitrogens is 4. The Hall–Kier alpha value is -3.59. The van der Waals surface area contributed by atoms with Crippen molar-refractivity contribution < 1.29 is 14.3 Å². The standard InChI is InChI=1S/C21H19N5O3S/c1-14-20(25-26(24-14)15-7-3-2-4-8-15)21(28)29-13-18(27)22-12-11-19-23-16-9-5-6-10-17(16)30-19/h2-10H,11-13H2,1H3,(H,22,27). The molecule has 0 atom stereocenters. The second-order valence-electron chi connectivity index (χ2n) is 6.51. The minimum Gasteiger partial charge on any atom is -0.451 e. The average molecular weight is 421 g/mol. The highest BCUT2D eigenvalue weighted by Gasteiger charge is 2.19. The highest BCUT2D eigenvalue weighted by atomic mass is 32.1. The summed E-state index contributed by atoms with van der Waals surface area (Å²) >= 11 is 1.60. The van der Waals surface area contributed by atoms with Gasteiger partial charge in [0.15, 0.2) is 12.3 Å². The van der Waals surface area contributed by atoms with E-state index in [1.807, 2.05) is 54.6 Å². The smallest absolute Gasteiger partial charge is 0.361 e. The van der Waals surface area contributed by atoms with E-state index in [-0.39, 0.29) is 18.2 Å². The molecule has 2 heterocycles. The SMILES string of the molecule is Cc1nn(-c2ccccc2)nc1C(=O)OCC(=O)NCCc1nc2ccccc2s1. The molecule has 4 aromatic rings. The molecular weight excluding hydrogens is 402 g/mol. The zero-order valence-corrected chi connectivity index (χ0v) is 17.1. The number of aryl methyl sites for hydroxylation is 1. The number of nitrogens with zero attached hydrogens (tertiary/aromatic N) is 4. The molecule has 0 bridgehead atoms. The summed E-state index contributed by atoms with van der Waals surface area (Å²) in [6, 6.07) is 17.1. The summed E-state index contributed by atoms with van der Waals surface area (Å²) < 4.78 is 6.21. The first kappa shape index (κ1) is 19.7. The fourth-order valence-electron chi connectivity index (χ4n) is 2.83. The lowest BCUT2D eigenvalue weighted by atomic mass is 10.3. The molecule has 0 aliphatic carbocycles. The van der Waals surface area contributed by atoms with Gasteiger partial charge in [0.1, 0.15) is 0 Å². The summed E-state index contributed by atoms with van der Waals surface area (Å²) in [6.45, 7) is 1.71. The number of carbonyl (C=O) groups is 2. The van der Waals surface area contributed by atoms with E-state index in [9.17, 15) is 9.59 Å². The van der Waals surface area contributed by atoms with Gasteiger partial charge >= 0.3 is 5.97 Å². The van der Waals surface area contributed by atoms with Crippen molar-refractivity contribution in [3.63, 3.8) is 0 Å². The number of carbonyl (C=O) groups excluding carboxylic acids is 2. The third-order valence-corrected chi connectivity index (χ3v) is 5.39. The number of rotatable bonds is 7. The van der Waals surface area contributed by atoms with Crippen LogP contribution in [0.1, 0.15) is 21.2 Å². The largest absolute Gasteiger partial charge is 0.451 e. The summed E-state index contributed by atoms with van der Waals surface area (Å²) in [5.74, 6) is -1.06. The summed E-state index contributed by atoms with van der Waals surface area (Å²) in [4.78, 5) is 30.2. The fraction of sp³-hybridized carbons (Fsp3) is 0.190. The lowest BCUT2D eigenvalue weighted by Gasteiger charge is -2.05. The summed E-state index contributed by atoms with van der Waals surface area (Å²) in [5, 5.41) is 12.1. The summed E-state index contributed by atoms with van der Waals surface area (Å²) in [6.07, 6.45) is 0.615. The van der Waals surface area contributed by atoms with Gasteiger partial charge in [-0.1, -0.05) is 30.3 Å². The Balaban J connectivity index is 1.26. The van der Waals surface area contributed by atoms with Crippen LogP contribution in [0.15, 0.2) is 54.6 Å². The molecule has 0 saturated carbocycles. The number of fused-ring (bicyclic) bond motifs is 1. The molecular formula is C21H19N5O3S. The molecule has 9 heteroatoms. The van der Waals surface area contributed by atoms with E-state index in [0.29, 0.717) is 18.7 Å². The second-order valence-corrected chi connectivity index (χ2v) is 7.63. The molecule has 2 aromatic carbocycles. The number of esters is 1. The quantitative estimate of drug-likeness (QED) is 0.461. The molecule has 30 heavy (non-hydrogen) atoms. The molecule has 8 nitrogen and oxygen atoms in total. The van der Waals surface area contributed by atoms with Gasteiger partial charge in [0.05, 0.1) is 26.6 Å². The van der Waals surface area contributed by atoms with Crippen LogP contribution >= 0.6 is 11.3 Å². The third-order valence-electron chi connectivity index (χ3n) is 4.30. The first-order chi connectivity index (χ1) is 14.6. The van der Waals surface area contributed by atoms with Gasteiger partial charge in [-0.25, -0.2) is 9.78 Å². The Labute approximate surface area is 176 Å². The van der Waals surface area contributed by atoms with Crippen LogP contribution in [0.2, 0.25) is 0 Å². The van der Waals surface area contributed by atoms with Crippen molar-refractivity contribution in [2.45, 2.75) is 13.3 Å². The normalized spacial score (nSPS) is 10.8. The zero-order valence-electron chi connectivity index (χ0n) is 16.2. The van der Waals surface area contributed by atoms with Crippen molar-refractivity contribution in [2.24, 2.45) is 0 Å². The minimum absolute atomic E-state index is 0.0844. The molecule has 0 fully saturated rings. The minimum atomic E-state index is -0.684. The van der Waals surface area contributed by atoms with E-state index in [1.54, 1.807) is 18.3 Å². The van der Waals surface area contributed by atoms with Gasteiger partial charge in [-0.15, -0.1) is 16.4 Å². The Kier molecular flexibility index (Phi) is 5.80. The molecule has 0 aliphatic heterocycles. The first-order valence-electron chi connectivity index (χ1n) is 9.38. The van der Waals surface area contributed by atoms with Gasteiger partial charge < -0.3 is 10.1 Å². The van der Waals surface area contributed by atoms with Crippen molar-refractivity contribution in [1.29, 1.82) is 0 Å². The monoisotopic (exact) mass is 421 g/mol. The third kappa shape index (κ3) is 4.52. The Morgan fingerprint density at radius 2 is 1.83 bits per heavy atom. The van der Waals surface area contributed by atoms with Crippen LogP contribution in [-0.2, 0) is 16.0 Å². The number of hydrogen-bond acceptors (Lipinski definition) is 7. The van der Waals surface area contributed by atoms with Crippen LogP contribution in [0.5, 0.6) is 0 Å². The van der Waals surface area contributed by atoms with Crippen LogP contribution < -0.4 is 5.32 Å². The van der Waals surface area contributed by atoms with E-state index in [4.69, 9.17) is 4.74 Å². The molecule has 0 radical (unpaired) electrons. The number of nitrogens with one attached hydrogen (secondary N) is 1. The van der Waals surface area contributed by atoms with Crippen molar-refractivity contribution >= 4 is 33.4 Å². The molecule has 2 aromatic heterocycles. The predicted molar refractivity (Wildman–Crippen MR) is 113 cm³/mol. The maximum Gasteiger partial charge on any atom is 0.361 e. The second kappa shape index (κ2) is 8.83. The highest BCUT2D eigenvalue weighted by molar-refractivity contribution is 7.18. The Morgan fingerprint density at radius 3 is 2.63 bits per heavy atom. The number of ether oxygens (including phenoxy) is 1. The van der Waals surface area contributed by atoms with Gasteiger partial charge in [-0.05, 0) is 31.2 Å². The predicted octanol–water partition coefficient (Wildman–Crippen LogP) is 2.70. The van der Waals surface area contributed by atoms with Crippen LogP contribution in [-0.4, -0.2) is 45.0 Å². The van der Waals surface area contributed by atoms with Crippen LogP contribution in [0.25, 0.3) is 15.9 Å². The number of hydrogen-bond donors (Lipinski definition) is 1. The van der Waals surface area contributed by atoms with E-state index in [2.05, 4.69) is 20.5 Å². The van der Waals surface area contributed by atoms with Gasteiger partial charge in [-0.3, -0.25) is 4.79 Å². The van der Waals surface area contributed by atoms with Crippen molar-refractivity contribution in [3.8, 4) is 5.69 Å². The summed E-state index contributed by atoms with van der Waals surface area (Å²) in [7, 11) is 0. The van der Waals surface area contributed by atoms with E-state index in [0.717, 1.165) is 20.9 Å². The lowest BCUT2D eigenvalue weighted by Crippen LogP contribution is -2.30. The number of thiazole rings is 1. The highest BCUT2D eigenvalue weighted by Crippen LogP contribution is 2.21. The first-order valence-corrected chi connectivity index (χ1v) is 10.2. The molecule has 152 valence electrons. The summed E-state index contributed by atoms with van der Waals surface area (Å²) in [5.41, 5.74) is 2.20.